The molecule has 4 N–H and O–H groups in total. The number of hydrogen-bond donors (Lipinski definition) is 2. The predicted octanol–water partition coefficient (Wildman–Crippen LogP) is 1.89. The second-order valence-corrected chi connectivity index (χ2v) is 8.54. The van der Waals surface area contributed by atoms with Gasteiger partial charge in [-0.05, 0) is 49.2 Å². The summed E-state index contributed by atoms with van der Waals surface area (Å²) in [5.41, 5.74) is 10.9. The van der Waals surface area contributed by atoms with Crippen molar-refractivity contribution in [1.29, 1.82) is 0 Å². The summed E-state index contributed by atoms with van der Waals surface area (Å²) in [7, 11) is -9.09. The van der Waals surface area contributed by atoms with E-state index in [9.17, 15) is 25.9 Å². The molecule has 0 aliphatic rings. The molecule has 2 rings (SSSR count). The van der Waals surface area contributed by atoms with Crippen LogP contribution in [-0.2, 0) is 20.2 Å². The molecule has 13 heteroatoms. The number of halogens is 2. The molecule has 0 saturated heterocycles. The van der Waals surface area contributed by atoms with Crippen LogP contribution in [-0.4, -0.2) is 63.7 Å². The fourth-order valence-electron chi connectivity index (χ4n) is 2.04. The Morgan fingerprint density at radius 1 is 0.741 bits per heavy atom. The van der Waals surface area contributed by atoms with Crippen LogP contribution in [0, 0.1) is 13.8 Å². The molecule has 8 nitrogen and oxygen atoms in total. The predicted molar refractivity (Wildman–Crippen MR) is 103 cm³/mol. The van der Waals surface area contributed by atoms with E-state index in [4.69, 9.17) is 34.7 Å². The molecule has 0 unspecified atom stereocenters. The molecular formula is C14H14CaCl2N2O6S2. The van der Waals surface area contributed by atoms with Crippen molar-refractivity contribution in [3.8, 4) is 0 Å². The topological polar surface area (TPSA) is 166 Å². The average molecular weight is 481 g/mol. The number of rotatable bonds is 2. The Hall–Kier alpha value is -0.300. The summed E-state index contributed by atoms with van der Waals surface area (Å²) in [5, 5.41) is 0.423. The largest absolute Gasteiger partial charge is 2.00 e. The van der Waals surface area contributed by atoms with Gasteiger partial charge in [-0.1, -0.05) is 23.2 Å². The van der Waals surface area contributed by atoms with E-state index in [0.717, 1.165) is 0 Å². The van der Waals surface area contributed by atoms with Crippen LogP contribution >= 0.6 is 23.2 Å². The van der Waals surface area contributed by atoms with Crippen molar-refractivity contribution < 1.29 is 25.9 Å². The number of hydrogen-bond acceptors (Lipinski definition) is 8. The zero-order chi connectivity index (χ0) is 20.4. The third-order valence-electron chi connectivity index (χ3n) is 3.24. The van der Waals surface area contributed by atoms with Crippen LogP contribution in [0.15, 0.2) is 34.1 Å². The van der Waals surface area contributed by atoms with E-state index >= 15 is 0 Å². The molecule has 0 bridgehead atoms. The minimum absolute atomic E-state index is 0. The van der Waals surface area contributed by atoms with E-state index < -0.39 is 30.0 Å². The van der Waals surface area contributed by atoms with Gasteiger partial charge in [-0.15, -0.1) is 0 Å². The van der Waals surface area contributed by atoms with Gasteiger partial charge in [0, 0.05) is 21.4 Å². The quantitative estimate of drug-likeness (QED) is 0.373. The first-order valence-electron chi connectivity index (χ1n) is 6.68. The third kappa shape index (κ3) is 6.91. The maximum Gasteiger partial charge on any atom is 2.00 e. The van der Waals surface area contributed by atoms with Crippen molar-refractivity contribution in [2.75, 3.05) is 11.5 Å². The molecule has 0 spiro atoms. The van der Waals surface area contributed by atoms with Gasteiger partial charge >= 0.3 is 37.7 Å². The molecule has 0 aliphatic heterocycles. The molecule has 0 atom stereocenters. The maximum atomic E-state index is 10.7. The summed E-state index contributed by atoms with van der Waals surface area (Å²) in [4.78, 5) is -0.861. The van der Waals surface area contributed by atoms with Crippen molar-refractivity contribution in [2.24, 2.45) is 0 Å². The Bertz CT molecular complexity index is 974. The van der Waals surface area contributed by atoms with E-state index in [1.165, 1.54) is 38.1 Å². The monoisotopic (exact) mass is 480 g/mol. The van der Waals surface area contributed by atoms with Gasteiger partial charge in [0.05, 0.1) is 9.79 Å². The standard InChI is InChI=1S/2C7H8ClNO3S.Ca/c2*1-4-5(8)2-3-6(9)7(4)13(10,11)12;/h2*2-3H,9H2,1H3,(H,10,11,12);/q;;+2/p-2. The second kappa shape index (κ2) is 9.95. The Morgan fingerprint density at radius 2 is 1.00 bits per heavy atom. The van der Waals surface area contributed by atoms with Crippen LogP contribution in [0.5, 0.6) is 0 Å². The molecule has 0 amide bonds. The summed E-state index contributed by atoms with van der Waals surface area (Å²) in [6.45, 7) is 2.87. The van der Waals surface area contributed by atoms with Gasteiger partial charge in [-0.25, -0.2) is 16.8 Å². The Balaban J connectivity index is 0.000000483. The summed E-state index contributed by atoms with van der Waals surface area (Å²) < 4.78 is 64.4. The molecule has 27 heavy (non-hydrogen) atoms. The first-order valence-corrected chi connectivity index (χ1v) is 10.3. The normalized spacial score (nSPS) is 11.2. The average Bonchev–Trinajstić information content (AvgIpc) is 2.45. The van der Waals surface area contributed by atoms with Crippen molar-refractivity contribution in [3.63, 3.8) is 0 Å². The number of nitrogen functional groups attached to an aromatic ring is 2. The Kier molecular flexibility index (Phi) is 9.84. The van der Waals surface area contributed by atoms with Gasteiger partial charge in [0.25, 0.3) is 0 Å². The minimum atomic E-state index is -4.55. The molecule has 0 fully saturated rings. The number of nitrogens with two attached hydrogens (primary N) is 2. The van der Waals surface area contributed by atoms with Gasteiger partial charge in [0.2, 0.25) is 0 Å². The fourth-order valence-corrected chi connectivity index (χ4v) is 4.15. The van der Waals surface area contributed by atoms with E-state index in [1.807, 2.05) is 0 Å². The van der Waals surface area contributed by atoms with Gasteiger partial charge in [0.1, 0.15) is 20.2 Å². The zero-order valence-corrected chi connectivity index (χ0v) is 19.5. The summed E-state index contributed by atoms with van der Waals surface area (Å²) in [5.74, 6) is 0. The zero-order valence-electron chi connectivity index (χ0n) is 14.2. The third-order valence-corrected chi connectivity index (χ3v) is 6.14. The molecule has 0 aliphatic carbocycles. The smallest absolute Gasteiger partial charge is 0.744 e. The SMILES string of the molecule is Cc1c(Cl)ccc(N)c1S(=O)(=O)[O-].Cc1c(Cl)ccc(N)c1S(=O)(=O)[O-].[Ca+2]. The van der Waals surface area contributed by atoms with Crippen LogP contribution in [0.3, 0.4) is 0 Å². The molecule has 0 radical (unpaired) electrons. The van der Waals surface area contributed by atoms with E-state index in [-0.39, 0.29) is 70.3 Å². The van der Waals surface area contributed by atoms with Crippen LogP contribution < -0.4 is 11.5 Å². The first kappa shape index (κ1) is 26.7. The Morgan fingerprint density at radius 3 is 1.19 bits per heavy atom. The van der Waals surface area contributed by atoms with Gasteiger partial charge < -0.3 is 20.6 Å². The van der Waals surface area contributed by atoms with Gasteiger partial charge in [-0.2, -0.15) is 0 Å². The molecule has 2 aromatic rings. The van der Waals surface area contributed by atoms with Gasteiger partial charge in [0.15, 0.2) is 0 Å². The van der Waals surface area contributed by atoms with Crippen molar-refractivity contribution in [1.82, 2.24) is 0 Å². The molecule has 0 heterocycles. The summed E-state index contributed by atoms with van der Waals surface area (Å²) >= 11 is 11.3. The van der Waals surface area contributed by atoms with Crippen molar-refractivity contribution >= 4 is 92.6 Å². The second-order valence-electron chi connectivity index (χ2n) is 5.09. The fraction of sp³-hybridized carbons (Fsp3) is 0.143. The van der Waals surface area contributed by atoms with E-state index in [1.54, 1.807) is 0 Å². The van der Waals surface area contributed by atoms with Gasteiger partial charge in [-0.3, -0.25) is 0 Å². The summed E-state index contributed by atoms with van der Waals surface area (Å²) in [6, 6.07) is 5.47. The number of benzene rings is 2. The first-order chi connectivity index (χ1) is 11.7. The summed E-state index contributed by atoms with van der Waals surface area (Å²) in [6.07, 6.45) is 0. The van der Waals surface area contributed by atoms with Crippen LogP contribution in [0.4, 0.5) is 11.4 Å². The minimum Gasteiger partial charge on any atom is -0.744 e. The van der Waals surface area contributed by atoms with Crippen LogP contribution in [0.25, 0.3) is 0 Å². The molecular weight excluding hydrogens is 467 g/mol. The van der Waals surface area contributed by atoms with Crippen LogP contribution in [0.2, 0.25) is 10.0 Å². The number of anilines is 2. The van der Waals surface area contributed by atoms with Crippen molar-refractivity contribution in [2.45, 2.75) is 23.6 Å². The Labute approximate surface area is 197 Å². The molecule has 2 aromatic carbocycles. The van der Waals surface area contributed by atoms with E-state index in [0.29, 0.717) is 0 Å². The van der Waals surface area contributed by atoms with Crippen molar-refractivity contribution in [3.05, 3.63) is 45.4 Å². The maximum absolute atomic E-state index is 10.7. The molecule has 0 saturated carbocycles. The molecule has 0 aromatic heterocycles. The molecule has 144 valence electrons. The van der Waals surface area contributed by atoms with Crippen LogP contribution in [0.1, 0.15) is 11.1 Å². The van der Waals surface area contributed by atoms with E-state index in [2.05, 4.69) is 0 Å².